The lowest BCUT2D eigenvalue weighted by atomic mass is 10.1. The molecule has 2 aromatic rings. The van der Waals surface area contributed by atoms with Gasteiger partial charge in [-0.15, -0.1) is 0 Å². The van der Waals surface area contributed by atoms with Gasteiger partial charge in [-0.25, -0.2) is 0 Å². The summed E-state index contributed by atoms with van der Waals surface area (Å²) in [5.74, 6) is 0. The molecule has 0 atom stereocenters. The molecular formula is C16H23N5O2S. The van der Waals surface area contributed by atoms with Gasteiger partial charge in [0.25, 0.3) is 0 Å². The van der Waals surface area contributed by atoms with Gasteiger partial charge < -0.3 is 26.6 Å². The van der Waals surface area contributed by atoms with Gasteiger partial charge in [0.1, 0.15) is 16.6 Å². The minimum atomic E-state index is 0.0728. The van der Waals surface area contributed by atoms with Crippen LogP contribution in [0.2, 0.25) is 0 Å². The molecule has 1 aromatic heterocycles. The van der Waals surface area contributed by atoms with E-state index in [2.05, 4.69) is 4.37 Å². The highest BCUT2D eigenvalue weighted by Gasteiger charge is 2.06. The Morgan fingerprint density at radius 2 is 1.83 bits per heavy atom. The van der Waals surface area contributed by atoms with Gasteiger partial charge in [-0.1, -0.05) is 0 Å². The summed E-state index contributed by atoms with van der Waals surface area (Å²) in [5.41, 5.74) is 15.1. The second-order valence-corrected chi connectivity index (χ2v) is 5.90. The van der Waals surface area contributed by atoms with Crippen LogP contribution in [0.4, 0.5) is 16.4 Å². The molecule has 0 radical (unpaired) electrons. The van der Waals surface area contributed by atoms with E-state index in [4.69, 9.17) is 26.9 Å². The molecule has 1 heterocycles. The lowest BCUT2D eigenvalue weighted by Gasteiger charge is -2.23. The second kappa shape index (κ2) is 9.72. The van der Waals surface area contributed by atoms with E-state index < -0.39 is 0 Å². The van der Waals surface area contributed by atoms with Crippen molar-refractivity contribution < 1.29 is 10.2 Å². The van der Waals surface area contributed by atoms with Gasteiger partial charge in [0.15, 0.2) is 0 Å². The number of aromatic nitrogens is 1. The van der Waals surface area contributed by atoms with Crippen LogP contribution in [0.1, 0.15) is 16.8 Å². The standard InChI is InChI=1S/C11H18N2O2.C5H5N3S/c1-9-8-10(2-3-11(9)12)13(4-6-14)5-7-15;1-3-4(2-6)5(7)9-8-3/h2-3,8,14-15H,4-7,12H2,1H3;7H2,1H3. The predicted octanol–water partition coefficient (Wildman–Crippen LogP) is 1.27. The molecule has 130 valence electrons. The highest BCUT2D eigenvalue weighted by Crippen LogP contribution is 2.20. The normalized spacial score (nSPS) is 9.79. The van der Waals surface area contributed by atoms with Crippen LogP contribution in [-0.4, -0.2) is 40.9 Å². The lowest BCUT2D eigenvalue weighted by Crippen LogP contribution is -2.29. The Kier molecular flexibility index (Phi) is 7.98. The molecule has 0 saturated heterocycles. The summed E-state index contributed by atoms with van der Waals surface area (Å²) >= 11 is 1.16. The largest absolute Gasteiger partial charge is 0.399 e. The fourth-order valence-corrected chi connectivity index (χ4v) is 2.60. The molecule has 0 bridgehead atoms. The Bertz CT molecular complexity index is 671. The number of nitrogen functional groups attached to an aromatic ring is 2. The van der Waals surface area contributed by atoms with Crippen molar-refractivity contribution in [3.05, 3.63) is 35.0 Å². The zero-order valence-corrected chi connectivity index (χ0v) is 14.7. The van der Waals surface area contributed by atoms with Gasteiger partial charge in [0.2, 0.25) is 0 Å². The van der Waals surface area contributed by atoms with Crippen molar-refractivity contribution in [1.29, 1.82) is 5.26 Å². The molecule has 2 rings (SSSR count). The molecule has 7 nitrogen and oxygen atoms in total. The maximum absolute atomic E-state index is 8.90. The van der Waals surface area contributed by atoms with E-state index in [0.29, 0.717) is 23.7 Å². The molecule has 6 N–H and O–H groups in total. The van der Waals surface area contributed by atoms with Crippen LogP contribution in [-0.2, 0) is 0 Å². The quantitative estimate of drug-likeness (QED) is 0.598. The molecule has 0 aliphatic rings. The minimum Gasteiger partial charge on any atom is -0.399 e. The molecule has 0 aliphatic heterocycles. The SMILES string of the molecule is Cc1cc(N(CCO)CCO)ccc1N.Cc1nsc(N)c1C#N. The van der Waals surface area contributed by atoms with Crippen LogP contribution in [0.5, 0.6) is 0 Å². The van der Waals surface area contributed by atoms with E-state index in [1.807, 2.05) is 36.1 Å². The van der Waals surface area contributed by atoms with Crippen LogP contribution in [0, 0.1) is 25.2 Å². The highest BCUT2D eigenvalue weighted by atomic mass is 32.1. The number of rotatable bonds is 5. The molecule has 1 aromatic carbocycles. The number of hydrogen-bond acceptors (Lipinski definition) is 8. The number of nitrogens with two attached hydrogens (primary N) is 2. The fraction of sp³-hybridized carbons (Fsp3) is 0.375. The number of aryl methyl sites for hydroxylation is 2. The molecule has 0 unspecified atom stereocenters. The predicted molar refractivity (Wildman–Crippen MR) is 98.0 cm³/mol. The first-order chi connectivity index (χ1) is 11.4. The van der Waals surface area contributed by atoms with Crippen molar-refractivity contribution in [3.63, 3.8) is 0 Å². The third-order valence-corrected chi connectivity index (χ3v) is 4.13. The van der Waals surface area contributed by atoms with Crippen molar-refractivity contribution in [2.45, 2.75) is 13.8 Å². The third-order valence-electron chi connectivity index (χ3n) is 3.36. The molecule has 0 fully saturated rings. The zero-order chi connectivity index (χ0) is 18.1. The summed E-state index contributed by atoms with van der Waals surface area (Å²) in [6.45, 7) is 4.89. The minimum absolute atomic E-state index is 0.0728. The van der Waals surface area contributed by atoms with Crippen LogP contribution < -0.4 is 16.4 Å². The maximum atomic E-state index is 8.90. The van der Waals surface area contributed by atoms with Gasteiger partial charge in [0, 0.05) is 24.5 Å². The Morgan fingerprint density at radius 3 is 2.21 bits per heavy atom. The van der Waals surface area contributed by atoms with Crippen LogP contribution in [0.15, 0.2) is 18.2 Å². The van der Waals surface area contributed by atoms with E-state index in [1.165, 1.54) is 0 Å². The topological polar surface area (TPSA) is 132 Å². The lowest BCUT2D eigenvalue weighted by molar-refractivity contribution is 0.281. The number of hydrogen-bond donors (Lipinski definition) is 4. The Labute approximate surface area is 145 Å². The number of aliphatic hydroxyl groups is 2. The first-order valence-electron chi connectivity index (χ1n) is 7.39. The van der Waals surface area contributed by atoms with Gasteiger partial charge in [-0.05, 0) is 49.1 Å². The fourth-order valence-electron chi connectivity index (χ4n) is 1.99. The Morgan fingerprint density at radius 1 is 1.21 bits per heavy atom. The summed E-state index contributed by atoms with van der Waals surface area (Å²) < 4.78 is 3.88. The number of anilines is 3. The summed E-state index contributed by atoms with van der Waals surface area (Å²) in [7, 11) is 0. The molecule has 0 saturated carbocycles. The van der Waals surface area contributed by atoms with E-state index in [9.17, 15) is 0 Å². The number of aliphatic hydroxyl groups excluding tert-OH is 2. The highest BCUT2D eigenvalue weighted by molar-refractivity contribution is 7.10. The summed E-state index contributed by atoms with van der Waals surface area (Å²) in [6.07, 6.45) is 0. The molecular weight excluding hydrogens is 326 g/mol. The van der Waals surface area contributed by atoms with Crippen molar-refractivity contribution >= 4 is 27.9 Å². The summed E-state index contributed by atoms with van der Waals surface area (Å²) in [4.78, 5) is 1.92. The van der Waals surface area contributed by atoms with Gasteiger partial charge in [0.05, 0.1) is 18.9 Å². The summed E-state index contributed by atoms with van der Waals surface area (Å²) in [5, 5.41) is 26.7. The van der Waals surface area contributed by atoms with Crippen molar-refractivity contribution in [3.8, 4) is 6.07 Å². The first-order valence-corrected chi connectivity index (χ1v) is 8.16. The first kappa shape index (κ1) is 19.7. The number of nitrogens with zero attached hydrogens (tertiary/aromatic N) is 3. The van der Waals surface area contributed by atoms with Crippen LogP contribution in [0.3, 0.4) is 0 Å². The van der Waals surface area contributed by atoms with Crippen molar-refractivity contribution in [2.75, 3.05) is 42.7 Å². The second-order valence-electron chi connectivity index (χ2n) is 5.09. The zero-order valence-electron chi connectivity index (χ0n) is 13.9. The molecule has 0 aliphatic carbocycles. The van der Waals surface area contributed by atoms with Crippen LogP contribution in [0.25, 0.3) is 0 Å². The monoisotopic (exact) mass is 349 g/mol. The van der Waals surface area contributed by atoms with Crippen molar-refractivity contribution in [2.24, 2.45) is 0 Å². The van der Waals surface area contributed by atoms with E-state index in [0.717, 1.165) is 34.2 Å². The third kappa shape index (κ3) is 5.38. The molecule has 0 spiro atoms. The van der Waals surface area contributed by atoms with Gasteiger partial charge in [-0.3, -0.25) is 0 Å². The maximum Gasteiger partial charge on any atom is 0.125 e. The van der Waals surface area contributed by atoms with E-state index in [1.54, 1.807) is 6.92 Å². The van der Waals surface area contributed by atoms with Crippen LogP contribution >= 0.6 is 11.5 Å². The van der Waals surface area contributed by atoms with Gasteiger partial charge in [-0.2, -0.15) is 9.64 Å². The average molecular weight is 349 g/mol. The molecule has 0 amide bonds. The molecule has 8 heteroatoms. The number of benzene rings is 1. The van der Waals surface area contributed by atoms with E-state index in [-0.39, 0.29) is 13.2 Å². The molecule has 24 heavy (non-hydrogen) atoms. The van der Waals surface area contributed by atoms with Gasteiger partial charge >= 0.3 is 0 Å². The average Bonchev–Trinajstić information content (AvgIpc) is 2.88. The number of nitriles is 1. The van der Waals surface area contributed by atoms with Crippen molar-refractivity contribution in [1.82, 2.24) is 4.37 Å². The Balaban J connectivity index is 0.000000272. The van der Waals surface area contributed by atoms with E-state index >= 15 is 0 Å². The summed E-state index contributed by atoms with van der Waals surface area (Å²) in [6, 6.07) is 7.66. The smallest absolute Gasteiger partial charge is 0.125 e. The Hall–Kier alpha value is -2.34.